The third-order valence-electron chi connectivity index (χ3n) is 2.89. The number of rotatable bonds is 5. The van der Waals surface area contributed by atoms with Crippen LogP contribution < -0.4 is 11.1 Å². The minimum Gasteiger partial charge on any atom is -0.366 e. The van der Waals surface area contributed by atoms with E-state index >= 15 is 0 Å². The summed E-state index contributed by atoms with van der Waals surface area (Å²) in [4.78, 5) is 23.1. The summed E-state index contributed by atoms with van der Waals surface area (Å²) >= 11 is 0. The van der Waals surface area contributed by atoms with Gasteiger partial charge < -0.3 is 11.1 Å². The largest absolute Gasteiger partial charge is 0.366 e. The Bertz CT molecular complexity index is 634. The van der Waals surface area contributed by atoms with E-state index in [1.807, 2.05) is 6.07 Å². The second-order valence-electron chi connectivity index (χ2n) is 4.44. The maximum atomic E-state index is 11.8. The maximum Gasteiger partial charge on any atom is 0.248 e. The molecule has 0 spiro atoms. The van der Waals surface area contributed by atoms with Crippen molar-refractivity contribution < 1.29 is 9.59 Å². The lowest BCUT2D eigenvalue weighted by Crippen LogP contribution is -2.16. The monoisotopic (exact) mass is 272 g/mol. The van der Waals surface area contributed by atoms with Gasteiger partial charge in [-0.25, -0.2) is 0 Å². The minimum atomic E-state index is -0.481. The fourth-order valence-electron chi connectivity index (χ4n) is 1.91. The van der Waals surface area contributed by atoms with E-state index < -0.39 is 5.91 Å². The standard InChI is InChI=1S/C14H16N4O2/c1-18-9-8-12(17-18)16-13(19)7-6-10-4-2-3-5-11(10)14(15)20/h2-5,8-9H,6-7H2,1H3,(H2,15,20)(H,16,17,19). The Morgan fingerprint density at radius 3 is 2.70 bits per heavy atom. The first-order chi connectivity index (χ1) is 9.56. The molecule has 0 saturated carbocycles. The molecular weight excluding hydrogens is 256 g/mol. The molecule has 0 fully saturated rings. The Labute approximate surface area is 116 Å². The highest BCUT2D eigenvalue weighted by atomic mass is 16.2. The Balaban J connectivity index is 1.95. The van der Waals surface area contributed by atoms with Crippen LogP contribution in [0.2, 0.25) is 0 Å². The van der Waals surface area contributed by atoms with Gasteiger partial charge in [-0.1, -0.05) is 18.2 Å². The van der Waals surface area contributed by atoms with E-state index in [0.29, 0.717) is 17.8 Å². The van der Waals surface area contributed by atoms with Gasteiger partial charge in [-0.2, -0.15) is 5.10 Å². The average Bonchev–Trinajstić information content (AvgIpc) is 2.82. The number of amides is 2. The first-order valence-electron chi connectivity index (χ1n) is 6.23. The van der Waals surface area contributed by atoms with Gasteiger partial charge >= 0.3 is 0 Å². The van der Waals surface area contributed by atoms with Gasteiger partial charge in [0.25, 0.3) is 0 Å². The highest BCUT2D eigenvalue weighted by molar-refractivity contribution is 5.95. The number of nitrogens with one attached hydrogen (secondary N) is 1. The molecule has 1 aromatic carbocycles. The topological polar surface area (TPSA) is 90.0 Å². The van der Waals surface area contributed by atoms with Gasteiger partial charge in [-0.3, -0.25) is 14.3 Å². The normalized spacial score (nSPS) is 10.2. The molecule has 0 aliphatic carbocycles. The van der Waals surface area contributed by atoms with Crippen LogP contribution in [0.15, 0.2) is 36.5 Å². The second kappa shape index (κ2) is 6.01. The third-order valence-corrected chi connectivity index (χ3v) is 2.89. The lowest BCUT2D eigenvalue weighted by atomic mass is 10.0. The molecule has 2 rings (SSSR count). The van der Waals surface area contributed by atoms with E-state index in [4.69, 9.17) is 5.73 Å². The summed E-state index contributed by atoms with van der Waals surface area (Å²) in [5.41, 5.74) is 6.53. The summed E-state index contributed by atoms with van der Waals surface area (Å²) in [6.45, 7) is 0. The van der Waals surface area contributed by atoms with Crippen molar-refractivity contribution in [1.29, 1.82) is 0 Å². The summed E-state index contributed by atoms with van der Waals surface area (Å²) in [5, 5.41) is 6.76. The zero-order chi connectivity index (χ0) is 14.5. The SMILES string of the molecule is Cn1ccc(NC(=O)CCc2ccccc2C(N)=O)n1. The summed E-state index contributed by atoms with van der Waals surface area (Å²) in [5.74, 6) is -0.116. The van der Waals surface area contributed by atoms with Gasteiger partial charge in [0.1, 0.15) is 0 Å². The van der Waals surface area contributed by atoms with Gasteiger partial charge in [0.15, 0.2) is 5.82 Å². The first kappa shape index (κ1) is 13.8. The number of aromatic nitrogens is 2. The number of aryl methyl sites for hydroxylation is 2. The predicted molar refractivity (Wildman–Crippen MR) is 75.1 cm³/mol. The highest BCUT2D eigenvalue weighted by Crippen LogP contribution is 2.11. The Morgan fingerprint density at radius 2 is 2.05 bits per heavy atom. The molecule has 0 aliphatic heterocycles. The van der Waals surface area contributed by atoms with E-state index in [-0.39, 0.29) is 12.3 Å². The van der Waals surface area contributed by atoms with Crippen molar-refractivity contribution in [2.45, 2.75) is 12.8 Å². The number of carbonyl (C=O) groups is 2. The van der Waals surface area contributed by atoms with Gasteiger partial charge in [0, 0.05) is 31.3 Å². The van der Waals surface area contributed by atoms with E-state index in [9.17, 15) is 9.59 Å². The number of nitrogens with two attached hydrogens (primary N) is 1. The van der Waals surface area contributed by atoms with Crippen LogP contribution >= 0.6 is 0 Å². The van der Waals surface area contributed by atoms with Crippen molar-refractivity contribution >= 4 is 17.6 Å². The second-order valence-corrected chi connectivity index (χ2v) is 4.44. The van der Waals surface area contributed by atoms with Crippen molar-refractivity contribution in [1.82, 2.24) is 9.78 Å². The van der Waals surface area contributed by atoms with Gasteiger partial charge in [0.05, 0.1) is 0 Å². The lowest BCUT2D eigenvalue weighted by molar-refractivity contribution is -0.116. The molecule has 0 unspecified atom stereocenters. The molecule has 2 aromatic rings. The van der Waals surface area contributed by atoms with Crippen LogP contribution in [0.25, 0.3) is 0 Å². The molecule has 1 aromatic heterocycles. The zero-order valence-electron chi connectivity index (χ0n) is 11.2. The fourth-order valence-corrected chi connectivity index (χ4v) is 1.91. The van der Waals surface area contributed by atoms with Crippen LogP contribution in [0.3, 0.4) is 0 Å². The quantitative estimate of drug-likeness (QED) is 0.853. The van der Waals surface area contributed by atoms with Crippen LogP contribution in [0.5, 0.6) is 0 Å². The first-order valence-corrected chi connectivity index (χ1v) is 6.23. The number of carbonyl (C=O) groups excluding carboxylic acids is 2. The molecule has 104 valence electrons. The minimum absolute atomic E-state index is 0.150. The molecule has 0 radical (unpaired) electrons. The Hall–Kier alpha value is -2.63. The predicted octanol–water partition coefficient (Wildman–Crippen LogP) is 1.09. The molecule has 1 heterocycles. The molecule has 2 amide bonds. The maximum absolute atomic E-state index is 11.8. The number of hydrogen-bond acceptors (Lipinski definition) is 3. The molecule has 0 atom stereocenters. The number of nitrogens with zero attached hydrogens (tertiary/aromatic N) is 2. The van der Waals surface area contributed by atoms with Crippen molar-refractivity contribution in [3.8, 4) is 0 Å². The van der Waals surface area contributed by atoms with Crippen molar-refractivity contribution in [3.05, 3.63) is 47.7 Å². The van der Waals surface area contributed by atoms with Crippen LogP contribution in [0, 0.1) is 0 Å². The van der Waals surface area contributed by atoms with Gasteiger partial charge in [0.2, 0.25) is 11.8 Å². The van der Waals surface area contributed by atoms with Crippen molar-refractivity contribution in [3.63, 3.8) is 0 Å². The molecule has 0 saturated heterocycles. The number of primary amides is 1. The summed E-state index contributed by atoms with van der Waals surface area (Å²) in [7, 11) is 1.78. The van der Waals surface area contributed by atoms with Gasteiger partial charge in [-0.05, 0) is 18.1 Å². The van der Waals surface area contributed by atoms with Crippen LogP contribution in [-0.4, -0.2) is 21.6 Å². The van der Waals surface area contributed by atoms with Crippen molar-refractivity contribution in [2.24, 2.45) is 12.8 Å². The van der Waals surface area contributed by atoms with Crippen LogP contribution in [0.4, 0.5) is 5.82 Å². The molecular formula is C14H16N4O2. The Morgan fingerprint density at radius 1 is 1.30 bits per heavy atom. The zero-order valence-corrected chi connectivity index (χ0v) is 11.2. The third kappa shape index (κ3) is 3.44. The molecule has 3 N–H and O–H groups in total. The fraction of sp³-hybridized carbons (Fsp3) is 0.214. The smallest absolute Gasteiger partial charge is 0.248 e. The van der Waals surface area contributed by atoms with Crippen molar-refractivity contribution in [2.75, 3.05) is 5.32 Å². The highest BCUT2D eigenvalue weighted by Gasteiger charge is 2.10. The van der Waals surface area contributed by atoms with Gasteiger partial charge in [-0.15, -0.1) is 0 Å². The van der Waals surface area contributed by atoms with Crippen LogP contribution in [0.1, 0.15) is 22.3 Å². The molecule has 6 heteroatoms. The Kier molecular flexibility index (Phi) is 4.14. The molecule has 0 aliphatic rings. The summed E-state index contributed by atoms with van der Waals surface area (Å²) in [6.07, 6.45) is 2.47. The number of benzene rings is 1. The van der Waals surface area contributed by atoms with E-state index in [1.165, 1.54) is 0 Å². The number of hydrogen-bond donors (Lipinski definition) is 2. The lowest BCUT2D eigenvalue weighted by Gasteiger charge is -2.06. The molecule has 6 nitrogen and oxygen atoms in total. The summed E-state index contributed by atoms with van der Waals surface area (Å²) in [6, 6.07) is 8.74. The van der Waals surface area contributed by atoms with E-state index in [2.05, 4.69) is 10.4 Å². The van der Waals surface area contributed by atoms with E-state index in [0.717, 1.165) is 5.56 Å². The average molecular weight is 272 g/mol. The molecule has 0 bridgehead atoms. The van der Waals surface area contributed by atoms with E-state index in [1.54, 1.807) is 42.2 Å². The number of anilines is 1. The van der Waals surface area contributed by atoms with Crippen LogP contribution in [-0.2, 0) is 18.3 Å². The summed E-state index contributed by atoms with van der Waals surface area (Å²) < 4.78 is 1.61. The molecule has 20 heavy (non-hydrogen) atoms.